The van der Waals surface area contributed by atoms with Gasteiger partial charge in [-0.25, -0.2) is 13.1 Å². The van der Waals surface area contributed by atoms with Crippen LogP contribution in [0.4, 0.5) is 0 Å². The number of guanidine groups is 1. The number of hydrogen-bond donors (Lipinski definition) is 3. The van der Waals surface area contributed by atoms with Gasteiger partial charge in [-0.3, -0.25) is 4.99 Å². The minimum Gasteiger partial charge on any atom is -0.381 e. The fourth-order valence-electron chi connectivity index (χ4n) is 3.08. The molecule has 0 aromatic carbocycles. The zero-order valence-electron chi connectivity index (χ0n) is 17.0. The fraction of sp³-hybridized carbons (Fsp3) is 0.944. The quantitative estimate of drug-likeness (QED) is 0.152. The van der Waals surface area contributed by atoms with Gasteiger partial charge in [0.2, 0.25) is 10.0 Å². The van der Waals surface area contributed by atoms with Gasteiger partial charge in [-0.15, -0.1) is 24.0 Å². The molecule has 1 heterocycles. The van der Waals surface area contributed by atoms with Gasteiger partial charge in [0.1, 0.15) is 0 Å². The first kappa shape index (κ1) is 25.9. The summed E-state index contributed by atoms with van der Waals surface area (Å²) in [6, 6.07) is 0. The molecule has 2 aliphatic rings. The maximum atomic E-state index is 12.0. The van der Waals surface area contributed by atoms with E-state index >= 15 is 0 Å². The van der Waals surface area contributed by atoms with Crippen molar-refractivity contribution < 1.29 is 17.9 Å². The second-order valence-electron chi connectivity index (χ2n) is 7.37. The molecule has 3 N–H and O–H groups in total. The molecule has 28 heavy (non-hydrogen) atoms. The topological polar surface area (TPSA) is 101 Å². The molecule has 0 aromatic heterocycles. The number of ether oxygens (including phenoxy) is 2. The Labute approximate surface area is 187 Å². The lowest BCUT2D eigenvalue weighted by atomic mass is 9.86. The number of nitrogens with zero attached hydrogens (tertiary/aromatic N) is 1. The van der Waals surface area contributed by atoms with E-state index < -0.39 is 10.0 Å². The lowest BCUT2D eigenvalue weighted by Gasteiger charge is -2.25. The van der Waals surface area contributed by atoms with Gasteiger partial charge in [0, 0.05) is 53.1 Å². The van der Waals surface area contributed by atoms with Gasteiger partial charge in [-0.2, -0.15) is 0 Å². The molecule has 1 aliphatic carbocycles. The van der Waals surface area contributed by atoms with Crippen molar-refractivity contribution in [3.8, 4) is 0 Å². The average molecular weight is 532 g/mol. The third-order valence-corrected chi connectivity index (χ3v) is 6.50. The number of halogens is 1. The van der Waals surface area contributed by atoms with Crippen molar-refractivity contribution in [2.75, 3.05) is 58.9 Å². The van der Waals surface area contributed by atoms with Crippen LogP contribution in [0, 0.1) is 11.8 Å². The van der Waals surface area contributed by atoms with Crippen molar-refractivity contribution >= 4 is 40.0 Å². The van der Waals surface area contributed by atoms with E-state index in [1.54, 1.807) is 7.05 Å². The summed E-state index contributed by atoms with van der Waals surface area (Å²) in [5.74, 6) is 1.82. The molecule has 0 spiro atoms. The molecule has 1 saturated carbocycles. The third-order valence-electron chi connectivity index (χ3n) is 5.16. The molecule has 10 heteroatoms. The number of nitrogens with one attached hydrogen (secondary N) is 3. The Balaban J connectivity index is 0.00000392. The molecule has 1 saturated heterocycles. The molecule has 8 nitrogen and oxygen atoms in total. The van der Waals surface area contributed by atoms with Crippen LogP contribution < -0.4 is 15.4 Å². The molecule has 1 aliphatic heterocycles. The molecule has 0 amide bonds. The SMILES string of the molecule is CN=C(NCCCOCC1CCOCC1)NCCS(=O)(=O)NCC1CCC1.I. The van der Waals surface area contributed by atoms with Crippen LogP contribution in [-0.2, 0) is 19.5 Å². The van der Waals surface area contributed by atoms with Gasteiger partial charge >= 0.3 is 0 Å². The first-order valence-corrected chi connectivity index (χ1v) is 11.8. The van der Waals surface area contributed by atoms with E-state index in [1.807, 2.05) is 0 Å². The molecule has 0 aromatic rings. The minimum absolute atomic E-state index is 0. The van der Waals surface area contributed by atoms with Crippen molar-refractivity contribution in [1.29, 1.82) is 0 Å². The molecule has 166 valence electrons. The normalized spacial score (nSPS) is 19.0. The summed E-state index contributed by atoms with van der Waals surface area (Å²) in [7, 11) is -1.54. The maximum Gasteiger partial charge on any atom is 0.213 e. The van der Waals surface area contributed by atoms with E-state index in [1.165, 1.54) is 6.42 Å². The van der Waals surface area contributed by atoms with E-state index in [0.29, 0.717) is 37.5 Å². The van der Waals surface area contributed by atoms with Crippen LogP contribution in [0.2, 0.25) is 0 Å². The number of hydrogen-bond acceptors (Lipinski definition) is 5. The van der Waals surface area contributed by atoms with Gasteiger partial charge in [0.05, 0.1) is 5.75 Å². The van der Waals surface area contributed by atoms with E-state index in [-0.39, 0.29) is 29.7 Å². The Morgan fingerprint density at radius 2 is 1.82 bits per heavy atom. The first-order chi connectivity index (χ1) is 13.1. The maximum absolute atomic E-state index is 12.0. The largest absolute Gasteiger partial charge is 0.381 e. The molecule has 0 atom stereocenters. The minimum atomic E-state index is -3.22. The molecule has 2 fully saturated rings. The van der Waals surface area contributed by atoms with Crippen molar-refractivity contribution in [2.24, 2.45) is 16.8 Å². The Kier molecular flexibility index (Phi) is 13.6. The van der Waals surface area contributed by atoms with Crippen LogP contribution in [0.25, 0.3) is 0 Å². The van der Waals surface area contributed by atoms with Crippen molar-refractivity contribution in [3.05, 3.63) is 0 Å². The van der Waals surface area contributed by atoms with Gasteiger partial charge < -0.3 is 20.1 Å². The summed E-state index contributed by atoms with van der Waals surface area (Å²) in [4.78, 5) is 4.12. The second kappa shape index (κ2) is 14.8. The summed E-state index contributed by atoms with van der Waals surface area (Å²) in [5, 5.41) is 6.24. The standard InChI is InChI=1S/C18H36N4O4S.HI/c1-19-18(20-8-3-10-26-15-17-6-11-25-12-7-17)21-9-13-27(23,24)22-14-16-4-2-5-16;/h16-17,22H,2-15H2,1H3,(H2,19,20,21);1H. The average Bonchev–Trinajstić information content (AvgIpc) is 2.62. The number of aliphatic imine (C=N–C) groups is 1. The monoisotopic (exact) mass is 532 g/mol. The third kappa shape index (κ3) is 11.1. The van der Waals surface area contributed by atoms with Crippen LogP contribution in [0.15, 0.2) is 4.99 Å². The highest BCUT2D eigenvalue weighted by Crippen LogP contribution is 2.25. The van der Waals surface area contributed by atoms with Gasteiger partial charge in [0.15, 0.2) is 5.96 Å². The van der Waals surface area contributed by atoms with Crippen LogP contribution in [-0.4, -0.2) is 73.2 Å². The van der Waals surface area contributed by atoms with Crippen LogP contribution >= 0.6 is 24.0 Å². The van der Waals surface area contributed by atoms with Crippen molar-refractivity contribution in [2.45, 2.75) is 38.5 Å². The fourth-order valence-corrected chi connectivity index (χ4v) is 4.09. The predicted octanol–water partition coefficient (Wildman–Crippen LogP) is 1.32. The van der Waals surface area contributed by atoms with E-state index in [2.05, 4.69) is 20.3 Å². The van der Waals surface area contributed by atoms with E-state index in [4.69, 9.17) is 9.47 Å². The number of sulfonamides is 1. The molecular formula is C18H37IN4O4S. The molecule has 0 bridgehead atoms. The Hall–Kier alpha value is -0.170. The lowest BCUT2D eigenvalue weighted by molar-refractivity contribution is 0.0203. The molecular weight excluding hydrogens is 495 g/mol. The summed E-state index contributed by atoms with van der Waals surface area (Å²) < 4.78 is 37.7. The number of rotatable bonds is 12. The van der Waals surface area contributed by atoms with Crippen LogP contribution in [0.3, 0.4) is 0 Å². The highest BCUT2D eigenvalue weighted by molar-refractivity contribution is 14.0. The van der Waals surface area contributed by atoms with E-state index in [9.17, 15) is 8.42 Å². The highest BCUT2D eigenvalue weighted by atomic mass is 127. The summed E-state index contributed by atoms with van der Waals surface area (Å²) in [6.07, 6.45) is 6.55. The van der Waals surface area contributed by atoms with Crippen molar-refractivity contribution in [3.63, 3.8) is 0 Å². The Morgan fingerprint density at radius 1 is 1.11 bits per heavy atom. The Morgan fingerprint density at radius 3 is 2.46 bits per heavy atom. The van der Waals surface area contributed by atoms with Crippen molar-refractivity contribution in [1.82, 2.24) is 15.4 Å². The second-order valence-corrected chi connectivity index (χ2v) is 9.30. The van der Waals surface area contributed by atoms with Crippen LogP contribution in [0.1, 0.15) is 38.5 Å². The van der Waals surface area contributed by atoms with E-state index in [0.717, 1.165) is 58.5 Å². The summed E-state index contributed by atoms with van der Waals surface area (Å²) in [5.41, 5.74) is 0. The molecule has 0 unspecified atom stereocenters. The summed E-state index contributed by atoms with van der Waals surface area (Å²) in [6.45, 7) is 4.86. The van der Waals surface area contributed by atoms with Gasteiger partial charge in [0.25, 0.3) is 0 Å². The predicted molar refractivity (Wildman–Crippen MR) is 123 cm³/mol. The summed E-state index contributed by atoms with van der Waals surface area (Å²) >= 11 is 0. The zero-order valence-corrected chi connectivity index (χ0v) is 20.1. The van der Waals surface area contributed by atoms with Gasteiger partial charge in [-0.1, -0.05) is 6.42 Å². The lowest BCUT2D eigenvalue weighted by Crippen LogP contribution is -2.42. The highest BCUT2D eigenvalue weighted by Gasteiger charge is 2.20. The molecule has 0 radical (unpaired) electrons. The van der Waals surface area contributed by atoms with Crippen LogP contribution in [0.5, 0.6) is 0 Å². The Bertz CT molecular complexity index is 538. The first-order valence-electron chi connectivity index (χ1n) is 10.2. The van der Waals surface area contributed by atoms with Gasteiger partial charge in [-0.05, 0) is 43.9 Å². The smallest absolute Gasteiger partial charge is 0.213 e. The zero-order chi connectivity index (χ0) is 19.4. The molecule has 2 rings (SSSR count).